The zero-order valence-corrected chi connectivity index (χ0v) is 10.7. The zero-order chi connectivity index (χ0) is 13.1. The van der Waals surface area contributed by atoms with Crippen LogP contribution in [-0.4, -0.2) is 22.2 Å². The lowest BCUT2D eigenvalue weighted by Gasteiger charge is -2.16. The third-order valence-corrected chi connectivity index (χ3v) is 3.04. The van der Waals surface area contributed by atoms with Crippen molar-refractivity contribution in [3.8, 4) is 5.75 Å². The van der Waals surface area contributed by atoms with Gasteiger partial charge in [-0.15, -0.1) is 0 Å². The van der Waals surface area contributed by atoms with Crippen molar-refractivity contribution < 1.29 is 9.84 Å². The second kappa shape index (κ2) is 5.14. The molecule has 0 bridgehead atoms. The highest BCUT2D eigenvalue weighted by Crippen LogP contribution is 2.32. The van der Waals surface area contributed by atoms with E-state index in [-0.39, 0.29) is 0 Å². The Kier molecular flexibility index (Phi) is 3.58. The van der Waals surface area contributed by atoms with Crippen LogP contribution in [-0.2, 0) is 0 Å². The molecule has 0 fully saturated rings. The van der Waals surface area contributed by atoms with E-state index in [1.165, 1.54) is 0 Å². The molecule has 0 aliphatic heterocycles. The molecule has 0 saturated carbocycles. The van der Waals surface area contributed by atoms with Crippen LogP contribution in [0, 0.1) is 13.8 Å². The van der Waals surface area contributed by atoms with Crippen LogP contribution in [0.15, 0.2) is 30.6 Å². The van der Waals surface area contributed by atoms with E-state index in [1.807, 2.05) is 26.0 Å². The molecule has 2 rings (SSSR count). The van der Waals surface area contributed by atoms with Crippen molar-refractivity contribution >= 4 is 0 Å². The Balaban J connectivity index is 2.49. The highest BCUT2D eigenvalue weighted by molar-refractivity contribution is 5.47. The molecule has 18 heavy (non-hydrogen) atoms. The lowest BCUT2D eigenvalue weighted by atomic mass is 10.00. The molecule has 1 aromatic carbocycles. The third kappa shape index (κ3) is 2.19. The largest absolute Gasteiger partial charge is 0.496 e. The molecule has 0 amide bonds. The molecule has 1 atom stereocenters. The van der Waals surface area contributed by atoms with Crippen LogP contribution in [0.3, 0.4) is 0 Å². The number of benzene rings is 1. The predicted octanol–water partition coefficient (Wildman–Crippen LogP) is 2.18. The number of hydrogen-bond acceptors (Lipinski definition) is 4. The maximum absolute atomic E-state index is 10.3. The Bertz CT molecular complexity index is 541. The van der Waals surface area contributed by atoms with Crippen LogP contribution < -0.4 is 4.74 Å². The topological polar surface area (TPSA) is 55.2 Å². The minimum absolute atomic E-state index is 0.374. The first-order valence-corrected chi connectivity index (χ1v) is 5.74. The predicted molar refractivity (Wildman–Crippen MR) is 68.6 cm³/mol. The van der Waals surface area contributed by atoms with Gasteiger partial charge in [0, 0.05) is 18.0 Å². The van der Waals surface area contributed by atoms with E-state index in [9.17, 15) is 5.11 Å². The summed E-state index contributed by atoms with van der Waals surface area (Å²) in [6.45, 7) is 3.98. The van der Waals surface area contributed by atoms with E-state index in [0.29, 0.717) is 17.1 Å². The lowest BCUT2D eigenvalue weighted by Crippen LogP contribution is -2.07. The van der Waals surface area contributed by atoms with Gasteiger partial charge in [0.1, 0.15) is 11.9 Å². The van der Waals surface area contributed by atoms with Crippen molar-refractivity contribution in [3.63, 3.8) is 0 Å². The molecule has 0 aliphatic rings. The fourth-order valence-corrected chi connectivity index (χ4v) is 1.89. The Morgan fingerprint density at radius 2 is 1.83 bits per heavy atom. The Labute approximate surface area is 106 Å². The van der Waals surface area contributed by atoms with Gasteiger partial charge in [0.2, 0.25) is 0 Å². The molecule has 0 aliphatic carbocycles. The molecule has 94 valence electrons. The number of hydrogen-bond donors (Lipinski definition) is 1. The molecule has 1 unspecified atom stereocenters. The van der Waals surface area contributed by atoms with Crippen molar-refractivity contribution in [3.05, 3.63) is 53.1 Å². The summed E-state index contributed by atoms with van der Waals surface area (Å²) in [5, 5.41) is 10.3. The average molecular weight is 244 g/mol. The van der Waals surface area contributed by atoms with Crippen LogP contribution >= 0.6 is 0 Å². The summed E-state index contributed by atoms with van der Waals surface area (Å²) in [5.41, 5.74) is 2.83. The van der Waals surface area contributed by atoms with Crippen LogP contribution in [0.5, 0.6) is 5.75 Å². The molecule has 1 heterocycles. The fraction of sp³-hybridized carbons (Fsp3) is 0.286. The van der Waals surface area contributed by atoms with Crippen LogP contribution in [0.4, 0.5) is 0 Å². The highest BCUT2D eigenvalue weighted by atomic mass is 16.5. The molecule has 0 radical (unpaired) electrons. The van der Waals surface area contributed by atoms with Gasteiger partial charge in [0.25, 0.3) is 0 Å². The number of aromatic nitrogens is 2. The average Bonchev–Trinajstić information content (AvgIpc) is 2.42. The molecule has 2 aromatic rings. The second-order valence-electron chi connectivity index (χ2n) is 4.14. The summed E-state index contributed by atoms with van der Waals surface area (Å²) in [6, 6.07) is 5.52. The summed E-state index contributed by atoms with van der Waals surface area (Å²) in [4.78, 5) is 8.13. The molecule has 4 nitrogen and oxygen atoms in total. The minimum atomic E-state index is -0.875. The van der Waals surface area contributed by atoms with Gasteiger partial charge in [0.05, 0.1) is 7.11 Å². The second-order valence-corrected chi connectivity index (χ2v) is 4.14. The minimum Gasteiger partial charge on any atom is -0.496 e. The summed E-state index contributed by atoms with van der Waals surface area (Å²) < 4.78 is 5.38. The fourth-order valence-electron chi connectivity index (χ4n) is 1.89. The monoisotopic (exact) mass is 244 g/mol. The number of methoxy groups -OCH3 is 1. The summed E-state index contributed by atoms with van der Waals surface area (Å²) in [7, 11) is 1.60. The van der Waals surface area contributed by atoms with E-state index in [1.54, 1.807) is 25.6 Å². The zero-order valence-electron chi connectivity index (χ0n) is 10.7. The number of nitrogens with zero attached hydrogens (tertiary/aromatic N) is 2. The summed E-state index contributed by atoms with van der Waals surface area (Å²) in [6.07, 6.45) is 2.35. The first-order valence-electron chi connectivity index (χ1n) is 5.74. The quantitative estimate of drug-likeness (QED) is 0.899. The van der Waals surface area contributed by atoms with E-state index in [0.717, 1.165) is 11.1 Å². The van der Waals surface area contributed by atoms with Crippen LogP contribution in [0.25, 0.3) is 0 Å². The molecule has 1 N–H and O–H groups in total. The normalized spacial score (nSPS) is 12.2. The Morgan fingerprint density at radius 3 is 2.44 bits per heavy atom. The van der Waals surface area contributed by atoms with Crippen molar-refractivity contribution in [2.24, 2.45) is 0 Å². The molecular formula is C14H16N2O2. The molecule has 4 heteroatoms. The molecular weight excluding hydrogens is 228 g/mol. The molecule has 0 spiro atoms. The smallest absolute Gasteiger partial charge is 0.161 e. The van der Waals surface area contributed by atoms with Gasteiger partial charge < -0.3 is 9.84 Å². The third-order valence-electron chi connectivity index (χ3n) is 3.04. The SMILES string of the molecule is COc1c(C(O)c2ncccn2)ccc(C)c1C. The Hall–Kier alpha value is -1.94. The van der Waals surface area contributed by atoms with E-state index >= 15 is 0 Å². The number of ether oxygens (including phenoxy) is 1. The van der Waals surface area contributed by atoms with E-state index < -0.39 is 6.10 Å². The van der Waals surface area contributed by atoms with Gasteiger partial charge in [-0.3, -0.25) is 0 Å². The Morgan fingerprint density at radius 1 is 1.17 bits per heavy atom. The lowest BCUT2D eigenvalue weighted by molar-refractivity contribution is 0.204. The molecule has 1 aromatic heterocycles. The van der Waals surface area contributed by atoms with E-state index in [2.05, 4.69) is 9.97 Å². The first-order chi connectivity index (χ1) is 8.65. The number of aryl methyl sites for hydroxylation is 1. The van der Waals surface area contributed by atoms with Crippen molar-refractivity contribution in [1.29, 1.82) is 0 Å². The summed E-state index contributed by atoms with van der Waals surface area (Å²) in [5.74, 6) is 1.06. The number of aliphatic hydroxyl groups is 1. The number of rotatable bonds is 3. The van der Waals surface area contributed by atoms with Crippen molar-refractivity contribution in [2.45, 2.75) is 20.0 Å². The first kappa shape index (κ1) is 12.5. The van der Waals surface area contributed by atoms with Crippen molar-refractivity contribution in [1.82, 2.24) is 9.97 Å². The van der Waals surface area contributed by atoms with Gasteiger partial charge in [-0.05, 0) is 31.0 Å². The van der Waals surface area contributed by atoms with Gasteiger partial charge >= 0.3 is 0 Å². The molecule has 0 saturated heterocycles. The van der Waals surface area contributed by atoms with Crippen LogP contribution in [0.2, 0.25) is 0 Å². The van der Waals surface area contributed by atoms with Gasteiger partial charge in [-0.1, -0.05) is 12.1 Å². The van der Waals surface area contributed by atoms with Gasteiger partial charge in [-0.25, -0.2) is 9.97 Å². The standard InChI is InChI=1S/C14H16N2O2/c1-9-5-6-11(13(18-3)10(9)2)12(17)14-15-7-4-8-16-14/h4-8,12,17H,1-3H3. The van der Waals surface area contributed by atoms with E-state index in [4.69, 9.17) is 4.74 Å². The maximum Gasteiger partial charge on any atom is 0.161 e. The highest BCUT2D eigenvalue weighted by Gasteiger charge is 2.19. The van der Waals surface area contributed by atoms with Crippen molar-refractivity contribution in [2.75, 3.05) is 7.11 Å². The van der Waals surface area contributed by atoms with Gasteiger partial charge in [-0.2, -0.15) is 0 Å². The van der Waals surface area contributed by atoms with Gasteiger partial charge in [0.15, 0.2) is 5.82 Å². The van der Waals surface area contributed by atoms with Crippen LogP contribution in [0.1, 0.15) is 28.6 Å². The maximum atomic E-state index is 10.3. The number of aliphatic hydroxyl groups excluding tert-OH is 1. The summed E-state index contributed by atoms with van der Waals surface area (Å²) >= 11 is 0.